The lowest BCUT2D eigenvalue weighted by Gasteiger charge is -2.40. The number of nitrogens with two attached hydrogens (primary N) is 1. The van der Waals surface area contributed by atoms with E-state index in [-0.39, 0.29) is 31.1 Å². The molecule has 5 atom stereocenters. The van der Waals surface area contributed by atoms with Crippen molar-refractivity contribution in [3.05, 3.63) is 35.9 Å². The molecule has 1 saturated heterocycles. The van der Waals surface area contributed by atoms with Gasteiger partial charge in [-0.15, -0.1) is 0 Å². The molecule has 1 aliphatic rings. The van der Waals surface area contributed by atoms with Gasteiger partial charge in [-0.3, -0.25) is 33.6 Å². The van der Waals surface area contributed by atoms with Crippen molar-refractivity contribution in [2.45, 2.75) is 103 Å². The molecule has 16 heteroatoms. The number of nitrogens with one attached hydrogen (secondary N) is 5. The Hall–Kier alpha value is -3.92. The standard InChI is InChI=1S/C33H53N7O7SSi/c1-20(2)17-25(32(46)38-23(29(34)43)15-16-48-4)37-28(42)19-35-30(44)21(3)40(49(5,6)7)33(47)26(18-22-11-9-8-10-12-22)39-31(45)24-13-14-27(41)36-24/h8-12,20-21,23-26H,13-19H2,1-7H3,(H2,34,43)(H,35,44)(H,36,41)(H,37,42)(H,38,46)(H,39,45)/t21-,23-,24-,25-,26-/m0/s1. The lowest BCUT2D eigenvalue weighted by molar-refractivity contribution is -0.139. The molecule has 2 rings (SSSR count). The molecule has 0 radical (unpaired) electrons. The second kappa shape index (κ2) is 19.3. The Morgan fingerprint density at radius 3 is 2.14 bits per heavy atom. The Kier molecular flexibility index (Phi) is 16.3. The van der Waals surface area contributed by atoms with Crippen LogP contribution in [-0.4, -0.2) is 103 Å². The maximum atomic E-state index is 14.2. The normalized spacial score (nSPS) is 16.8. The molecular weight excluding hydrogens is 667 g/mol. The van der Waals surface area contributed by atoms with Crippen molar-refractivity contribution in [3.8, 4) is 0 Å². The van der Waals surface area contributed by atoms with E-state index >= 15 is 0 Å². The Morgan fingerprint density at radius 2 is 1.61 bits per heavy atom. The number of carbonyl (C=O) groups is 7. The van der Waals surface area contributed by atoms with E-state index in [0.29, 0.717) is 18.6 Å². The van der Waals surface area contributed by atoms with Crippen LogP contribution in [0.25, 0.3) is 0 Å². The van der Waals surface area contributed by atoms with Gasteiger partial charge in [-0.05, 0) is 49.7 Å². The molecule has 14 nitrogen and oxygen atoms in total. The summed E-state index contributed by atoms with van der Waals surface area (Å²) in [7, 11) is -2.59. The minimum atomic E-state index is -2.59. The van der Waals surface area contributed by atoms with Crippen molar-refractivity contribution in [3.63, 3.8) is 0 Å². The van der Waals surface area contributed by atoms with E-state index in [1.54, 1.807) is 6.92 Å². The molecule has 7 amide bonds. The summed E-state index contributed by atoms with van der Waals surface area (Å²) in [5.41, 5.74) is 6.27. The van der Waals surface area contributed by atoms with E-state index in [9.17, 15) is 33.6 Å². The summed E-state index contributed by atoms with van der Waals surface area (Å²) < 4.78 is 1.51. The van der Waals surface area contributed by atoms with Gasteiger partial charge in [0.15, 0.2) is 8.24 Å². The summed E-state index contributed by atoms with van der Waals surface area (Å²) in [5.74, 6) is -2.97. The summed E-state index contributed by atoms with van der Waals surface area (Å²) in [5, 5.41) is 13.3. The van der Waals surface area contributed by atoms with Gasteiger partial charge in [0.05, 0.1) is 12.6 Å². The van der Waals surface area contributed by atoms with Crippen molar-refractivity contribution >= 4 is 61.3 Å². The number of carbonyl (C=O) groups excluding carboxylic acids is 7. The highest BCUT2D eigenvalue weighted by atomic mass is 32.2. The topological polar surface area (TPSA) is 209 Å². The van der Waals surface area contributed by atoms with Crippen molar-refractivity contribution in [2.24, 2.45) is 11.7 Å². The largest absolute Gasteiger partial charge is 0.368 e. The molecule has 0 bridgehead atoms. The van der Waals surface area contributed by atoms with Crippen molar-refractivity contribution in [2.75, 3.05) is 18.6 Å². The van der Waals surface area contributed by atoms with Crippen LogP contribution in [0.3, 0.4) is 0 Å². The minimum absolute atomic E-state index is 0.0227. The van der Waals surface area contributed by atoms with Gasteiger partial charge in [-0.25, -0.2) is 0 Å². The third-order valence-corrected chi connectivity index (χ3v) is 10.7. The zero-order valence-electron chi connectivity index (χ0n) is 29.6. The van der Waals surface area contributed by atoms with E-state index in [0.717, 1.165) is 5.56 Å². The Labute approximate surface area is 294 Å². The third kappa shape index (κ3) is 13.5. The van der Waals surface area contributed by atoms with Crippen LogP contribution in [0.15, 0.2) is 30.3 Å². The first-order valence-electron chi connectivity index (χ1n) is 16.6. The van der Waals surface area contributed by atoms with E-state index < -0.39 is 80.4 Å². The van der Waals surface area contributed by atoms with Gasteiger partial charge < -0.3 is 36.9 Å². The average Bonchev–Trinajstić information content (AvgIpc) is 3.46. The molecule has 1 aromatic rings. The summed E-state index contributed by atoms with van der Waals surface area (Å²) in [4.78, 5) is 90.5. The Bertz CT molecular complexity index is 1340. The number of benzene rings is 1. The molecule has 1 aliphatic heterocycles. The van der Waals surface area contributed by atoms with Crippen molar-refractivity contribution < 1.29 is 33.6 Å². The number of rotatable bonds is 19. The summed E-state index contributed by atoms with van der Waals surface area (Å²) >= 11 is 1.51. The van der Waals surface area contributed by atoms with E-state index in [1.165, 1.54) is 16.3 Å². The Morgan fingerprint density at radius 1 is 0.959 bits per heavy atom. The second-order valence-electron chi connectivity index (χ2n) is 13.7. The molecule has 0 aromatic heterocycles. The van der Waals surface area contributed by atoms with Gasteiger partial charge in [-0.2, -0.15) is 11.8 Å². The van der Waals surface area contributed by atoms with Crippen LogP contribution in [-0.2, 0) is 40.0 Å². The highest BCUT2D eigenvalue weighted by Gasteiger charge is 2.40. The number of thioether (sulfide) groups is 1. The smallest absolute Gasteiger partial charge is 0.243 e. The predicted octanol–water partition coefficient (Wildman–Crippen LogP) is 0.415. The van der Waals surface area contributed by atoms with Crippen LogP contribution in [0.4, 0.5) is 0 Å². The van der Waals surface area contributed by atoms with Crippen LogP contribution < -0.4 is 32.3 Å². The molecule has 0 spiro atoms. The number of nitrogens with zero attached hydrogens (tertiary/aromatic N) is 1. The number of amides is 7. The number of hydrogen-bond acceptors (Lipinski definition) is 8. The van der Waals surface area contributed by atoms with Crippen LogP contribution in [0.5, 0.6) is 0 Å². The minimum Gasteiger partial charge on any atom is -0.368 e. The SMILES string of the molecule is CSCC[C@H](NC(=O)[C@H](CC(C)C)NC(=O)CNC(=O)[C@H](C)N(C(=O)[C@H](Cc1ccccc1)NC(=O)[C@@H]1CCC(=O)N1)[Si](C)(C)C)C(N)=O. The zero-order chi connectivity index (χ0) is 36.9. The fraction of sp³-hybridized carbons (Fsp3) is 0.606. The first-order valence-corrected chi connectivity index (χ1v) is 21.4. The molecule has 272 valence electrons. The molecule has 1 heterocycles. The summed E-state index contributed by atoms with van der Waals surface area (Å²) in [6.45, 7) is 10.6. The molecule has 7 N–H and O–H groups in total. The Balaban J connectivity index is 2.18. The fourth-order valence-corrected chi connectivity index (χ4v) is 8.14. The molecular formula is C33H53N7O7SSi. The fourth-order valence-electron chi connectivity index (χ4n) is 5.58. The van der Waals surface area contributed by atoms with Gasteiger partial charge >= 0.3 is 0 Å². The number of primary amides is 1. The van der Waals surface area contributed by atoms with Crippen LogP contribution >= 0.6 is 11.8 Å². The average molecular weight is 720 g/mol. The first-order chi connectivity index (χ1) is 22.9. The van der Waals surface area contributed by atoms with E-state index in [2.05, 4.69) is 26.6 Å². The van der Waals surface area contributed by atoms with Gasteiger partial charge in [0.1, 0.15) is 24.2 Å². The van der Waals surface area contributed by atoms with E-state index in [1.807, 2.05) is 70.1 Å². The predicted molar refractivity (Wildman–Crippen MR) is 191 cm³/mol. The first kappa shape index (κ1) is 41.2. The third-order valence-electron chi connectivity index (χ3n) is 7.99. The van der Waals surface area contributed by atoms with E-state index in [4.69, 9.17) is 5.73 Å². The van der Waals surface area contributed by atoms with Crippen molar-refractivity contribution in [1.82, 2.24) is 31.1 Å². The van der Waals surface area contributed by atoms with Gasteiger partial charge in [0.2, 0.25) is 41.4 Å². The maximum absolute atomic E-state index is 14.2. The summed E-state index contributed by atoms with van der Waals surface area (Å²) in [6.07, 6.45) is 3.20. The van der Waals surface area contributed by atoms with Crippen LogP contribution in [0.2, 0.25) is 19.6 Å². The highest BCUT2D eigenvalue weighted by molar-refractivity contribution is 7.98. The van der Waals surface area contributed by atoms with Crippen molar-refractivity contribution in [1.29, 1.82) is 0 Å². The lowest BCUT2D eigenvalue weighted by Crippen LogP contribution is -2.64. The monoisotopic (exact) mass is 719 g/mol. The molecule has 0 unspecified atom stereocenters. The maximum Gasteiger partial charge on any atom is 0.243 e. The number of hydrogen-bond donors (Lipinski definition) is 6. The zero-order valence-corrected chi connectivity index (χ0v) is 31.4. The molecule has 1 aromatic carbocycles. The lowest BCUT2D eigenvalue weighted by atomic mass is 10.0. The molecule has 49 heavy (non-hydrogen) atoms. The van der Waals surface area contributed by atoms with Crippen LogP contribution in [0.1, 0.15) is 52.0 Å². The second-order valence-corrected chi connectivity index (χ2v) is 19.5. The van der Waals surface area contributed by atoms with Gasteiger partial charge in [0.25, 0.3) is 0 Å². The van der Waals surface area contributed by atoms with Gasteiger partial charge in [-0.1, -0.05) is 63.8 Å². The molecule has 0 saturated carbocycles. The summed E-state index contributed by atoms with van der Waals surface area (Å²) in [6, 6.07) is 4.53. The quantitative estimate of drug-likeness (QED) is 0.110. The highest BCUT2D eigenvalue weighted by Crippen LogP contribution is 2.19. The van der Waals surface area contributed by atoms with Gasteiger partial charge in [0, 0.05) is 12.8 Å². The molecule has 1 fully saturated rings. The van der Waals surface area contributed by atoms with Crippen LogP contribution in [0, 0.1) is 5.92 Å². The molecule has 0 aliphatic carbocycles.